The highest BCUT2D eigenvalue weighted by Crippen LogP contribution is 2.68. The van der Waals surface area contributed by atoms with Crippen LogP contribution in [0.25, 0.3) is 0 Å². The molecule has 1 saturated heterocycles. The van der Waals surface area contributed by atoms with Gasteiger partial charge in [0, 0.05) is 0 Å². The van der Waals surface area contributed by atoms with Crippen LogP contribution >= 0.6 is 0 Å². The Kier molecular flexibility index (Phi) is 2.15. The van der Waals surface area contributed by atoms with Crippen LogP contribution < -0.4 is 0 Å². The highest BCUT2D eigenvalue weighted by atomic mass is 17.3. The van der Waals surface area contributed by atoms with Gasteiger partial charge in [0.1, 0.15) is 5.60 Å². The first kappa shape index (κ1) is 11.8. The summed E-state index contributed by atoms with van der Waals surface area (Å²) >= 11 is 0. The van der Waals surface area contributed by atoms with Crippen LogP contribution in [0, 0.1) is 23.7 Å². The van der Waals surface area contributed by atoms with Crippen LogP contribution in [0.1, 0.15) is 44.6 Å². The summed E-state index contributed by atoms with van der Waals surface area (Å²) in [7, 11) is 0. The van der Waals surface area contributed by atoms with Crippen molar-refractivity contribution in [2.45, 2.75) is 50.2 Å². The van der Waals surface area contributed by atoms with Gasteiger partial charge in [-0.15, -0.1) is 0 Å². The third-order valence-electron chi connectivity index (χ3n) is 6.77. The fourth-order valence-electron chi connectivity index (χ4n) is 6.09. The van der Waals surface area contributed by atoms with Gasteiger partial charge < -0.3 is 0 Å². The monoisotopic (exact) mass is 270 g/mol. The van der Waals surface area contributed by atoms with Crippen LogP contribution in [0.4, 0.5) is 0 Å². The van der Waals surface area contributed by atoms with E-state index in [2.05, 4.69) is 37.3 Å². The first-order valence-corrected chi connectivity index (χ1v) is 8.15. The van der Waals surface area contributed by atoms with Gasteiger partial charge in [0.25, 0.3) is 0 Å². The number of benzene rings is 1. The maximum Gasteiger partial charge on any atom is 0.158 e. The van der Waals surface area contributed by atoms with Crippen molar-refractivity contribution in [2.75, 3.05) is 0 Å². The Morgan fingerprint density at radius 3 is 1.95 bits per heavy atom. The number of hydrogen-bond donors (Lipinski definition) is 0. The molecule has 0 radical (unpaired) electrons. The third kappa shape index (κ3) is 1.19. The molecule has 2 heteroatoms. The minimum Gasteiger partial charge on any atom is -0.225 e. The maximum absolute atomic E-state index is 5.97. The molecular formula is C18H22O2. The lowest BCUT2D eigenvalue weighted by Crippen LogP contribution is -2.74. The average Bonchev–Trinajstić information content (AvgIpc) is 2.45. The molecule has 106 valence electrons. The van der Waals surface area contributed by atoms with Gasteiger partial charge in [-0.1, -0.05) is 30.3 Å². The van der Waals surface area contributed by atoms with E-state index in [1.165, 1.54) is 37.7 Å². The Labute approximate surface area is 120 Å². The lowest BCUT2D eigenvalue weighted by molar-refractivity contribution is -0.590. The second-order valence-corrected chi connectivity index (χ2v) is 7.66. The van der Waals surface area contributed by atoms with E-state index in [1.807, 2.05) is 0 Å². The van der Waals surface area contributed by atoms with E-state index >= 15 is 0 Å². The Hall–Kier alpha value is -0.860. The summed E-state index contributed by atoms with van der Waals surface area (Å²) in [4.78, 5) is 11.7. The molecule has 1 aromatic carbocycles. The minimum atomic E-state index is -0.239. The van der Waals surface area contributed by atoms with Gasteiger partial charge in [-0.3, -0.25) is 0 Å². The molecule has 0 amide bonds. The molecule has 5 aliphatic rings. The highest BCUT2D eigenvalue weighted by molar-refractivity contribution is 5.31. The standard InChI is InChI=1S/C18H22O2/c1-17(14-5-3-2-4-6-14)18(20-19-17)15-8-12-7-13(10-15)11-16(18)9-12/h2-6,12-13,15-16H,7-11H2,1H3. The van der Waals surface area contributed by atoms with E-state index in [-0.39, 0.29) is 11.2 Å². The Balaban J connectivity index is 1.60. The molecule has 1 aromatic rings. The molecule has 20 heavy (non-hydrogen) atoms. The van der Waals surface area contributed by atoms with E-state index in [9.17, 15) is 0 Å². The van der Waals surface area contributed by atoms with Crippen LogP contribution in [0.5, 0.6) is 0 Å². The number of hydrogen-bond acceptors (Lipinski definition) is 2. The largest absolute Gasteiger partial charge is 0.225 e. The van der Waals surface area contributed by atoms with Crippen molar-refractivity contribution >= 4 is 0 Å². The predicted molar refractivity (Wildman–Crippen MR) is 75.7 cm³/mol. The van der Waals surface area contributed by atoms with Gasteiger partial charge in [0.05, 0.1) is 0 Å². The lowest BCUT2D eigenvalue weighted by atomic mass is 9.45. The molecule has 0 N–H and O–H groups in total. The van der Waals surface area contributed by atoms with Gasteiger partial charge in [0.2, 0.25) is 0 Å². The van der Waals surface area contributed by atoms with Gasteiger partial charge in [-0.05, 0) is 68.3 Å². The first-order chi connectivity index (χ1) is 9.72. The summed E-state index contributed by atoms with van der Waals surface area (Å²) in [6.45, 7) is 2.26. The SMILES string of the molecule is CC1(c2ccccc2)OOC12C1CC3CC(C1)CC2C3. The predicted octanol–water partition coefficient (Wildman–Crippen LogP) is 4.06. The Bertz CT molecular complexity index is 510. The molecule has 4 saturated carbocycles. The van der Waals surface area contributed by atoms with E-state index in [0.717, 1.165) is 11.8 Å². The first-order valence-electron chi connectivity index (χ1n) is 8.15. The topological polar surface area (TPSA) is 18.5 Å². The van der Waals surface area contributed by atoms with Crippen molar-refractivity contribution in [3.05, 3.63) is 35.9 Å². The minimum absolute atomic E-state index is 0.0399. The van der Waals surface area contributed by atoms with Crippen molar-refractivity contribution in [2.24, 2.45) is 23.7 Å². The fourth-order valence-corrected chi connectivity index (χ4v) is 6.09. The van der Waals surface area contributed by atoms with Crippen LogP contribution in [0.15, 0.2) is 30.3 Å². The van der Waals surface area contributed by atoms with Gasteiger partial charge >= 0.3 is 0 Å². The van der Waals surface area contributed by atoms with E-state index in [0.29, 0.717) is 11.8 Å². The summed E-state index contributed by atoms with van der Waals surface area (Å²) in [6, 6.07) is 10.7. The Morgan fingerprint density at radius 2 is 1.45 bits per heavy atom. The second-order valence-electron chi connectivity index (χ2n) is 7.66. The van der Waals surface area contributed by atoms with E-state index < -0.39 is 0 Å². The molecule has 1 heterocycles. The molecule has 1 atom stereocenters. The molecule has 0 aromatic heterocycles. The van der Waals surface area contributed by atoms with Crippen LogP contribution in [-0.2, 0) is 15.4 Å². The summed E-state index contributed by atoms with van der Waals surface area (Å²) < 4.78 is 0. The lowest BCUT2D eigenvalue weighted by Gasteiger charge is -2.69. The highest BCUT2D eigenvalue weighted by Gasteiger charge is 2.73. The average molecular weight is 270 g/mol. The third-order valence-corrected chi connectivity index (χ3v) is 6.77. The molecule has 5 fully saturated rings. The molecule has 4 aliphatic carbocycles. The summed E-state index contributed by atoms with van der Waals surface area (Å²) in [5.41, 5.74) is 1.01. The zero-order valence-electron chi connectivity index (χ0n) is 12.0. The van der Waals surface area contributed by atoms with Crippen LogP contribution in [0.3, 0.4) is 0 Å². The molecule has 4 bridgehead atoms. The zero-order chi connectivity index (χ0) is 13.4. The van der Waals surface area contributed by atoms with Crippen LogP contribution in [-0.4, -0.2) is 5.60 Å². The van der Waals surface area contributed by atoms with Crippen molar-refractivity contribution in [1.29, 1.82) is 0 Å². The molecule has 2 nitrogen and oxygen atoms in total. The molecule has 1 aliphatic heterocycles. The Morgan fingerprint density at radius 1 is 0.850 bits per heavy atom. The van der Waals surface area contributed by atoms with Gasteiger partial charge in [-0.25, -0.2) is 9.78 Å². The maximum atomic E-state index is 5.97. The molecule has 1 spiro atoms. The van der Waals surface area contributed by atoms with E-state index in [1.54, 1.807) is 0 Å². The second kappa shape index (κ2) is 3.66. The normalized spacial score (nSPS) is 52.2. The smallest absolute Gasteiger partial charge is 0.158 e. The fraction of sp³-hybridized carbons (Fsp3) is 0.667. The van der Waals surface area contributed by atoms with Gasteiger partial charge in [0.15, 0.2) is 5.60 Å². The van der Waals surface area contributed by atoms with Gasteiger partial charge in [-0.2, -0.15) is 0 Å². The van der Waals surface area contributed by atoms with Crippen LogP contribution in [0.2, 0.25) is 0 Å². The molecule has 1 unspecified atom stereocenters. The molecular weight excluding hydrogens is 248 g/mol. The zero-order valence-corrected chi connectivity index (χ0v) is 12.0. The van der Waals surface area contributed by atoms with Crippen molar-refractivity contribution in [3.63, 3.8) is 0 Å². The van der Waals surface area contributed by atoms with E-state index in [4.69, 9.17) is 9.78 Å². The molecule has 6 rings (SSSR count). The van der Waals surface area contributed by atoms with Crippen molar-refractivity contribution in [1.82, 2.24) is 0 Å². The summed E-state index contributed by atoms with van der Waals surface area (Å²) in [5.74, 6) is 3.34. The van der Waals surface area contributed by atoms with Crippen molar-refractivity contribution < 1.29 is 9.78 Å². The summed E-state index contributed by atoms with van der Waals surface area (Å²) in [5, 5.41) is 0. The number of rotatable bonds is 1. The summed E-state index contributed by atoms with van der Waals surface area (Å²) in [6.07, 6.45) is 6.92. The quantitative estimate of drug-likeness (QED) is 0.716. The van der Waals surface area contributed by atoms with Crippen molar-refractivity contribution in [3.8, 4) is 0 Å².